The van der Waals surface area contributed by atoms with Crippen molar-refractivity contribution in [2.45, 2.75) is 6.42 Å². The number of rotatable bonds is 2. The van der Waals surface area contributed by atoms with Crippen molar-refractivity contribution < 1.29 is 9.90 Å². The Morgan fingerprint density at radius 3 is 2.76 bits per heavy atom. The molecule has 2 amide bonds. The SMILES string of the molecule is O=C(Nc1ccc(Cl)cc1)N1CCC(CO)C1. The lowest BCUT2D eigenvalue weighted by atomic mass is 10.1. The summed E-state index contributed by atoms with van der Waals surface area (Å²) < 4.78 is 0. The number of halogens is 1. The van der Waals surface area contributed by atoms with Crippen molar-refractivity contribution in [3.05, 3.63) is 29.3 Å². The van der Waals surface area contributed by atoms with E-state index in [9.17, 15) is 4.79 Å². The quantitative estimate of drug-likeness (QED) is 0.850. The highest BCUT2D eigenvalue weighted by Gasteiger charge is 2.25. The van der Waals surface area contributed by atoms with E-state index in [0.29, 0.717) is 18.1 Å². The normalized spacial score (nSPS) is 19.4. The number of urea groups is 1. The number of nitrogens with zero attached hydrogens (tertiary/aromatic N) is 1. The zero-order valence-electron chi connectivity index (χ0n) is 9.40. The summed E-state index contributed by atoms with van der Waals surface area (Å²) in [5.74, 6) is 0.214. The maximum absolute atomic E-state index is 11.9. The monoisotopic (exact) mass is 254 g/mol. The minimum absolute atomic E-state index is 0.122. The van der Waals surface area contributed by atoms with Crippen LogP contribution in [0.3, 0.4) is 0 Å². The minimum Gasteiger partial charge on any atom is -0.396 e. The van der Waals surface area contributed by atoms with E-state index in [1.165, 1.54) is 0 Å². The molecule has 92 valence electrons. The lowest BCUT2D eigenvalue weighted by Crippen LogP contribution is -2.33. The number of benzene rings is 1. The fourth-order valence-corrected chi connectivity index (χ4v) is 2.03. The van der Waals surface area contributed by atoms with Crippen molar-refractivity contribution in [2.75, 3.05) is 25.0 Å². The summed E-state index contributed by atoms with van der Waals surface area (Å²) in [5.41, 5.74) is 0.729. The Labute approximate surface area is 105 Å². The first-order valence-electron chi connectivity index (χ1n) is 5.61. The highest BCUT2D eigenvalue weighted by atomic mass is 35.5. The summed E-state index contributed by atoms with van der Waals surface area (Å²) in [7, 11) is 0. The van der Waals surface area contributed by atoms with Gasteiger partial charge in [0.05, 0.1) is 0 Å². The Morgan fingerprint density at radius 1 is 1.47 bits per heavy atom. The van der Waals surface area contributed by atoms with Crippen LogP contribution >= 0.6 is 11.6 Å². The fourth-order valence-electron chi connectivity index (χ4n) is 1.90. The molecule has 0 spiro atoms. The molecule has 1 aliphatic heterocycles. The Balaban J connectivity index is 1.91. The first-order chi connectivity index (χ1) is 8.19. The van der Waals surface area contributed by atoms with Gasteiger partial charge in [0, 0.05) is 36.3 Å². The van der Waals surface area contributed by atoms with E-state index in [2.05, 4.69) is 5.32 Å². The van der Waals surface area contributed by atoms with Crippen LogP contribution < -0.4 is 5.32 Å². The number of nitrogens with one attached hydrogen (secondary N) is 1. The lowest BCUT2D eigenvalue weighted by Gasteiger charge is -2.17. The van der Waals surface area contributed by atoms with E-state index >= 15 is 0 Å². The van der Waals surface area contributed by atoms with Gasteiger partial charge in [0.15, 0.2) is 0 Å². The Kier molecular flexibility index (Phi) is 3.86. The van der Waals surface area contributed by atoms with E-state index in [1.807, 2.05) is 0 Å². The van der Waals surface area contributed by atoms with Crippen LogP contribution in [0.2, 0.25) is 5.02 Å². The number of aliphatic hydroxyl groups is 1. The number of aliphatic hydroxyl groups excluding tert-OH is 1. The maximum atomic E-state index is 11.9. The van der Waals surface area contributed by atoms with Crippen LogP contribution in [-0.2, 0) is 0 Å². The molecule has 17 heavy (non-hydrogen) atoms. The average Bonchev–Trinajstić information content (AvgIpc) is 2.81. The van der Waals surface area contributed by atoms with Gasteiger partial charge < -0.3 is 15.3 Å². The highest BCUT2D eigenvalue weighted by Crippen LogP contribution is 2.18. The van der Waals surface area contributed by atoms with Crippen LogP contribution in [0, 0.1) is 5.92 Å². The van der Waals surface area contributed by atoms with Crippen molar-refractivity contribution in [1.29, 1.82) is 0 Å². The summed E-state index contributed by atoms with van der Waals surface area (Å²) in [6.07, 6.45) is 0.866. The molecular weight excluding hydrogens is 240 g/mol. The Morgan fingerprint density at radius 2 is 2.18 bits per heavy atom. The smallest absolute Gasteiger partial charge is 0.321 e. The molecule has 2 N–H and O–H groups in total. The van der Waals surface area contributed by atoms with E-state index in [1.54, 1.807) is 29.2 Å². The molecule has 0 radical (unpaired) electrons. The molecule has 1 saturated heterocycles. The summed E-state index contributed by atoms with van der Waals surface area (Å²) in [6, 6.07) is 6.87. The predicted octanol–water partition coefficient (Wildman–Crippen LogP) is 2.19. The first kappa shape index (κ1) is 12.2. The maximum Gasteiger partial charge on any atom is 0.321 e. The molecule has 1 atom stereocenters. The Bertz CT molecular complexity index is 394. The van der Waals surface area contributed by atoms with Crippen molar-refractivity contribution in [3.8, 4) is 0 Å². The first-order valence-corrected chi connectivity index (χ1v) is 5.99. The van der Waals surface area contributed by atoms with Gasteiger partial charge in [-0.15, -0.1) is 0 Å². The van der Waals surface area contributed by atoms with Crippen LogP contribution in [0.4, 0.5) is 10.5 Å². The topological polar surface area (TPSA) is 52.6 Å². The van der Waals surface area contributed by atoms with Gasteiger partial charge in [-0.1, -0.05) is 11.6 Å². The number of hydrogen-bond donors (Lipinski definition) is 2. The van der Waals surface area contributed by atoms with E-state index in [4.69, 9.17) is 16.7 Å². The molecule has 1 aromatic carbocycles. The third-order valence-corrected chi connectivity index (χ3v) is 3.18. The molecule has 1 unspecified atom stereocenters. The van der Waals surface area contributed by atoms with Gasteiger partial charge in [-0.2, -0.15) is 0 Å². The fraction of sp³-hybridized carbons (Fsp3) is 0.417. The molecule has 1 fully saturated rings. The van der Waals surface area contributed by atoms with Gasteiger partial charge in [-0.25, -0.2) is 4.79 Å². The number of likely N-dealkylation sites (tertiary alicyclic amines) is 1. The van der Waals surface area contributed by atoms with Crippen molar-refractivity contribution in [1.82, 2.24) is 4.90 Å². The van der Waals surface area contributed by atoms with Crippen LogP contribution in [0.5, 0.6) is 0 Å². The van der Waals surface area contributed by atoms with Crippen LogP contribution in [-0.4, -0.2) is 35.7 Å². The van der Waals surface area contributed by atoms with Crippen LogP contribution in [0.25, 0.3) is 0 Å². The van der Waals surface area contributed by atoms with Crippen molar-refractivity contribution in [2.24, 2.45) is 5.92 Å². The molecule has 1 heterocycles. The van der Waals surface area contributed by atoms with Crippen LogP contribution in [0.1, 0.15) is 6.42 Å². The van der Waals surface area contributed by atoms with Gasteiger partial charge in [0.2, 0.25) is 0 Å². The molecule has 0 bridgehead atoms. The molecule has 4 nitrogen and oxygen atoms in total. The average molecular weight is 255 g/mol. The van der Waals surface area contributed by atoms with Gasteiger partial charge >= 0.3 is 6.03 Å². The second kappa shape index (κ2) is 5.38. The molecule has 0 saturated carbocycles. The number of carbonyl (C=O) groups excluding carboxylic acids is 1. The molecule has 0 aliphatic carbocycles. The highest BCUT2D eigenvalue weighted by molar-refractivity contribution is 6.30. The van der Waals surface area contributed by atoms with Crippen molar-refractivity contribution >= 4 is 23.3 Å². The van der Waals surface area contributed by atoms with Gasteiger partial charge in [-0.3, -0.25) is 0 Å². The standard InChI is InChI=1S/C12H15ClN2O2/c13-10-1-3-11(4-2-10)14-12(17)15-6-5-9(7-15)8-16/h1-4,9,16H,5-8H2,(H,14,17). The Hall–Kier alpha value is -1.26. The summed E-state index contributed by atoms with van der Waals surface area (Å²) >= 11 is 5.76. The lowest BCUT2D eigenvalue weighted by molar-refractivity contribution is 0.209. The second-order valence-electron chi connectivity index (χ2n) is 4.22. The summed E-state index contributed by atoms with van der Waals surface area (Å²) in [4.78, 5) is 13.6. The zero-order chi connectivity index (χ0) is 12.3. The largest absolute Gasteiger partial charge is 0.396 e. The number of anilines is 1. The third-order valence-electron chi connectivity index (χ3n) is 2.93. The van der Waals surface area contributed by atoms with Gasteiger partial charge in [-0.05, 0) is 30.7 Å². The minimum atomic E-state index is -0.122. The van der Waals surface area contributed by atoms with Crippen molar-refractivity contribution in [3.63, 3.8) is 0 Å². The number of carbonyl (C=O) groups is 1. The molecule has 1 aromatic rings. The van der Waals surface area contributed by atoms with E-state index in [-0.39, 0.29) is 18.6 Å². The van der Waals surface area contributed by atoms with Crippen LogP contribution in [0.15, 0.2) is 24.3 Å². The molecule has 0 aromatic heterocycles. The van der Waals surface area contributed by atoms with Gasteiger partial charge in [0.1, 0.15) is 0 Å². The predicted molar refractivity (Wildman–Crippen MR) is 67.2 cm³/mol. The zero-order valence-corrected chi connectivity index (χ0v) is 10.2. The number of amides is 2. The second-order valence-corrected chi connectivity index (χ2v) is 4.66. The number of hydrogen-bond acceptors (Lipinski definition) is 2. The van der Waals surface area contributed by atoms with E-state index in [0.717, 1.165) is 12.1 Å². The van der Waals surface area contributed by atoms with E-state index < -0.39 is 0 Å². The molecule has 2 rings (SSSR count). The molecular formula is C12H15ClN2O2. The third kappa shape index (κ3) is 3.11. The summed E-state index contributed by atoms with van der Waals surface area (Å²) in [6.45, 7) is 1.46. The van der Waals surface area contributed by atoms with Gasteiger partial charge in [0.25, 0.3) is 0 Å². The molecule has 5 heteroatoms. The molecule has 1 aliphatic rings. The summed E-state index contributed by atoms with van der Waals surface area (Å²) in [5, 5.41) is 12.5.